The van der Waals surface area contributed by atoms with Crippen molar-refractivity contribution in [3.63, 3.8) is 0 Å². The highest BCUT2D eigenvalue weighted by molar-refractivity contribution is 7.89. The Kier molecular flexibility index (Phi) is 5.00. The van der Waals surface area contributed by atoms with Crippen LogP contribution in [0.3, 0.4) is 0 Å². The lowest BCUT2D eigenvalue weighted by Crippen LogP contribution is -2.26. The first-order valence-electron chi connectivity index (χ1n) is 6.88. The molecule has 3 N–H and O–H groups in total. The molecule has 1 aliphatic rings. The fraction of sp³-hybridized carbons (Fsp3) is 0.750. The highest BCUT2D eigenvalue weighted by atomic mass is 32.2. The van der Waals surface area contributed by atoms with E-state index in [0.29, 0.717) is 19.6 Å². The van der Waals surface area contributed by atoms with Crippen molar-refractivity contribution in [2.45, 2.75) is 43.0 Å². The van der Waals surface area contributed by atoms with Crippen molar-refractivity contribution in [3.8, 4) is 0 Å². The Morgan fingerprint density at radius 2 is 2.20 bits per heavy atom. The number of hydrogen-bond donors (Lipinski definition) is 2. The Morgan fingerprint density at radius 3 is 2.85 bits per heavy atom. The van der Waals surface area contributed by atoms with E-state index in [9.17, 15) is 8.42 Å². The number of anilines is 1. The third kappa shape index (κ3) is 3.31. The molecule has 7 nitrogen and oxygen atoms in total. The zero-order valence-electron chi connectivity index (χ0n) is 11.7. The molecule has 0 atom stereocenters. The summed E-state index contributed by atoms with van der Waals surface area (Å²) in [7, 11) is -2.01. The zero-order chi connectivity index (χ0) is 14.6. The number of aromatic nitrogens is 2. The van der Waals surface area contributed by atoms with Crippen molar-refractivity contribution >= 4 is 15.8 Å². The average molecular weight is 302 g/mol. The summed E-state index contributed by atoms with van der Waals surface area (Å²) in [4.78, 5) is 0.0711. The molecule has 0 aliphatic heterocycles. The normalized spacial score (nSPS) is 16.9. The Hall–Kier alpha value is -1.12. The molecule has 0 radical (unpaired) electrons. The summed E-state index contributed by atoms with van der Waals surface area (Å²) in [5, 5.41) is 4.16. The van der Waals surface area contributed by atoms with Gasteiger partial charge in [-0.2, -0.15) is 5.10 Å². The predicted octanol–water partition coefficient (Wildman–Crippen LogP) is 0.895. The van der Waals surface area contributed by atoms with E-state index in [-0.39, 0.29) is 16.8 Å². The Bertz CT molecular complexity index is 535. The topological polar surface area (TPSA) is 99.2 Å². The van der Waals surface area contributed by atoms with Gasteiger partial charge in [0.15, 0.2) is 0 Å². The van der Waals surface area contributed by atoms with Crippen LogP contribution in [0.25, 0.3) is 0 Å². The van der Waals surface area contributed by atoms with E-state index in [0.717, 1.165) is 25.7 Å². The molecule has 1 heterocycles. The third-order valence-corrected chi connectivity index (χ3v) is 5.05. The summed E-state index contributed by atoms with van der Waals surface area (Å²) in [5.74, 6) is 0.233. The molecule has 1 aliphatic carbocycles. The average Bonchev–Trinajstić information content (AvgIpc) is 3.03. The molecule has 0 amide bonds. The number of sulfonamides is 1. The smallest absolute Gasteiger partial charge is 0.245 e. The van der Waals surface area contributed by atoms with Crippen LogP contribution in [0.4, 0.5) is 5.82 Å². The molecule has 0 spiro atoms. The summed E-state index contributed by atoms with van der Waals surface area (Å²) >= 11 is 0. The zero-order valence-corrected chi connectivity index (χ0v) is 12.5. The van der Waals surface area contributed by atoms with Crippen LogP contribution in [0.2, 0.25) is 0 Å². The summed E-state index contributed by atoms with van der Waals surface area (Å²) in [6, 6.07) is 0.229. The molecule has 2 rings (SSSR count). The maximum absolute atomic E-state index is 12.2. The fourth-order valence-corrected chi connectivity index (χ4v) is 3.63. The molecule has 114 valence electrons. The first-order valence-corrected chi connectivity index (χ1v) is 8.36. The van der Waals surface area contributed by atoms with Crippen molar-refractivity contribution < 1.29 is 13.2 Å². The molecule has 0 unspecified atom stereocenters. The van der Waals surface area contributed by atoms with Crippen LogP contribution in [0.5, 0.6) is 0 Å². The van der Waals surface area contributed by atoms with Gasteiger partial charge >= 0.3 is 0 Å². The maximum Gasteiger partial charge on any atom is 0.245 e. The number of rotatable bonds is 7. The van der Waals surface area contributed by atoms with E-state index in [1.165, 1.54) is 6.20 Å². The number of hydrogen-bond acceptors (Lipinski definition) is 5. The number of nitrogen functional groups attached to an aromatic ring is 1. The molecular weight excluding hydrogens is 280 g/mol. The van der Waals surface area contributed by atoms with E-state index in [4.69, 9.17) is 10.5 Å². The molecule has 8 heteroatoms. The lowest BCUT2D eigenvalue weighted by molar-refractivity contribution is 0.196. The van der Waals surface area contributed by atoms with Gasteiger partial charge in [0.1, 0.15) is 10.7 Å². The van der Waals surface area contributed by atoms with Crippen LogP contribution in [-0.2, 0) is 14.8 Å². The second-order valence-electron chi connectivity index (χ2n) is 5.02. The molecule has 1 saturated carbocycles. The van der Waals surface area contributed by atoms with Gasteiger partial charge in [0.05, 0.1) is 12.2 Å². The van der Waals surface area contributed by atoms with Gasteiger partial charge in [-0.25, -0.2) is 17.8 Å². The Labute approximate surface area is 119 Å². The van der Waals surface area contributed by atoms with Gasteiger partial charge in [-0.05, 0) is 19.3 Å². The number of nitrogens with two attached hydrogens (primary N) is 1. The lowest BCUT2D eigenvalue weighted by atomic mass is 10.2. The molecule has 20 heavy (non-hydrogen) atoms. The minimum atomic E-state index is -3.59. The summed E-state index contributed by atoms with van der Waals surface area (Å²) in [5.41, 5.74) is 5.96. The molecule has 0 aromatic carbocycles. The number of methoxy groups -OCH3 is 1. The number of nitrogens with zero attached hydrogens (tertiary/aromatic N) is 2. The largest absolute Gasteiger partial charge is 0.385 e. The maximum atomic E-state index is 12.2. The van der Waals surface area contributed by atoms with Crippen LogP contribution < -0.4 is 10.5 Å². The van der Waals surface area contributed by atoms with Gasteiger partial charge in [-0.1, -0.05) is 12.8 Å². The van der Waals surface area contributed by atoms with E-state index in [1.807, 2.05) is 0 Å². The van der Waals surface area contributed by atoms with Crippen LogP contribution in [0, 0.1) is 0 Å². The number of nitrogens with one attached hydrogen (secondary N) is 1. The standard InChI is InChI=1S/C12H22N4O3S/c1-19-8-4-7-15-20(17,18)11-9-14-16(12(11)13)10-5-2-3-6-10/h9-10,15H,2-8,13H2,1H3. The van der Waals surface area contributed by atoms with Gasteiger partial charge in [-0.3, -0.25) is 0 Å². The van der Waals surface area contributed by atoms with Gasteiger partial charge in [0, 0.05) is 20.3 Å². The number of ether oxygens (including phenoxy) is 1. The first-order chi connectivity index (χ1) is 9.56. The Morgan fingerprint density at radius 1 is 1.50 bits per heavy atom. The molecule has 0 bridgehead atoms. The minimum Gasteiger partial charge on any atom is -0.385 e. The monoisotopic (exact) mass is 302 g/mol. The van der Waals surface area contributed by atoms with Crippen LogP contribution in [0.15, 0.2) is 11.1 Å². The molecule has 0 saturated heterocycles. The van der Waals surface area contributed by atoms with E-state index in [1.54, 1.807) is 11.8 Å². The fourth-order valence-electron chi connectivity index (χ4n) is 2.50. The van der Waals surface area contributed by atoms with Crippen molar-refractivity contribution in [2.75, 3.05) is 26.0 Å². The lowest BCUT2D eigenvalue weighted by Gasteiger charge is -2.12. The highest BCUT2D eigenvalue weighted by Gasteiger charge is 2.26. The minimum absolute atomic E-state index is 0.0711. The SMILES string of the molecule is COCCCNS(=O)(=O)c1cnn(C2CCCC2)c1N. The second-order valence-corrected chi connectivity index (χ2v) is 6.76. The van der Waals surface area contributed by atoms with Crippen LogP contribution in [-0.4, -0.2) is 38.5 Å². The van der Waals surface area contributed by atoms with Gasteiger partial charge in [0.25, 0.3) is 0 Å². The molecule has 1 aromatic heterocycles. The third-order valence-electron chi connectivity index (χ3n) is 3.58. The van der Waals surface area contributed by atoms with Crippen LogP contribution in [0.1, 0.15) is 38.1 Å². The quantitative estimate of drug-likeness (QED) is 0.729. The van der Waals surface area contributed by atoms with Gasteiger partial charge in [-0.15, -0.1) is 0 Å². The van der Waals surface area contributed by atoms with Crippen molar-refractivity contribution in [2.24, 2.45) is 0 Å². The second kappa shape index (κ2) is 6.55. The van der Waals surface area contributed by atoms with Gasteiger partial charge in [0.2, 0.25) is 10.0 Å². The highest BCUT2D eigenvalue weighted by Crippen LogP contribution is 2.32. The summed E-state index contributed by atoms with van der Waals surface area (Å²) < 4.78 is 33.4. The van der Waals surface area contributed by atoms with Crippen molar-refractivity contribution in [1.82, 2.24) is 14.5 Å². The molecule has 1 fully saturated rings. The predicted molar refractivity (Wildman–Crippen MR) is 75.8 cm³/mol. The molecule has 1 aromatic rings. The molecular formula is C12H22N4O3S. The van der Waals surface area contributed by atoms with Gasteiger partial charge < -0.3 is 10.5 Å². The van der Waals surface area contributed by atoms with E-state index < -0.39 is 10.0 Å². The summed E-state index contributed by atoms with van der Waals surface area (Å²) in [6.45, 7) is 0.837. The van der Waals surface area contributed by atoms with Crippen molar-refractivity contribution in [1.29, 1.82) is 0 Å². The van der Waals surface area contributed by atoms with Crippen molar-refractivity contribution in [3.05, 3.63) is 6.20 Å². The first kappa shape index (κ1) is 15.3. The summed E-state index contributed by atoms with van der Waals surface area (Å²) in [6.07, 6.45) is 6.25. The van der Waals surface area contributed by atoms with E-state index >= 15 is 0 Å². The van der Waals surface area contributed by atoms with Crippen LogP contribution >= 0.6 is 0 Å². The Balaban J connectivity index is 2.07. The van der Waals surface area contributed by atoms with E-state index in [2.05, 4.69) is 9.82 Å².